The van der Waals surface area contributed by atoms with E-state index in [1.54, 1.807) is 0 Å². The predicted molar refractivity (Wildman–Crippen MR) is 99.8 cm³/mol. The molecule has 0 unspecified atom stereocenters. The Morgan fingerprint density at radius 1 is 1.17 bits per heavy atom. The van der Waals surface area contributed by atoms with Crippen LogP contribution < -0.4 is 0 Å². The molecule has 0 radical (unpaired) electrons. The largest absolute Gasteiger partial charge is 0.417 e. The third-order valence-corrected chi connectivity index (χ3v) is 7.52. The Morgan fingerprint density at radius 2 is 1.97 bits per heavy atom. The molecule has 11 heteroatoms. The van der Waals surface area contributed by atoms with Crippen LogP contribution >= 0.6 is 11.3 Å². The standard InChI is InChI=1S/C18H16F3N3O3S2/c19-18(20,21)13-6-1-2-8-15(13)29(25,26)24-9-3-5-12(11-24)17-22-16(23-27-17)14-7-4-10-28-14/h1-2,4,6-8,10,12H,3,5,9,11H2/t12-/m1/s1. The number of hydrogen-bond acceptors (Lipinski definition) is 6. The maximum absolute atomic E-state index is 13.3. The minimum atomic E-state index is -4.76. The monoisotopic (exact) mass is 443 g/mol. The molecule has 1 aromatic carbocycles. The zero-order chi connectivity index (χ0) is 20.6. The van der Waals surface area contributed by atoms with Crippen LogP contribution in [-0.4, -0.2) is 36.0 Å². The maximum Gasteiger partial charge on any atom is 0.417 e. The highest BCUT2D eigenvalue weighted by Gasteiger charge is 2.40. The van der Waals surface area contributed by atoms with Gasteiger partial charge in [-0.15, -0.1) is 11.3 Å². The van der Waals surface area contributed by atoms with E-state index in [2.05, 4.69) is 10.1 Å². The first-order valence-corrected chi connectivity index (χ1v) is 11.1. The van der Waals surface area contributed by atoms with E-state index in [0.717, 1.165) is 21.3 Å². The zero-order valence-corrected chi connectivity index (χ0v) is 16.6. The maximum atomic E-state index is 13.3. The van der Waals surface area contributed by atoms with Gasteiger partial charge >= 0.3 is 6.18 Å². The molecule has 29 heavy (non-hydrogen) atoms. The van der Waals surface area contributed by atoms with Crippen molar-refractivity contribution in [1.29, 1.82) is 0 Å². The van der Waals surface area contributed by atoms with Crippen LogP contribution in [-0.2, 0) is 16.2 Å². The molecule has 3 aromatic rings. The average molecular weight is 443 g/mol. The highest BCUT2D eigenvalue weighted by molar-refractivity contribution is 7.89. The van der Waals surface area contributed by atoms with Gasteiger partial charge in [-0.25, -0.2) is 8.42 Å². The van der Waals surface area contributed by atoms with Crippen molar-refractivity contribution < 1.29 is 26.1 Å². The molecule has 0 amide bonds. The number of aromatic nitrogens is 2. The lowest BCUT2D eigenvalue weighted by Crippen LogP contribution is -2.39. The van der Waals surface area contributed by atoms with Gasteiger partial charge in [-0.1, -0.05) is 23.4 Å². The van der Waals surface area contributed by atoms with Gasteiger partial charge in [-0.05, 0) is 36.4 Å². The van der Waals surface area contributed by atoms with Crippen molar-refractivity contribution in [2.24, 2.45) is 0 Å². The third-order valence-electron chi connectivity index (χ3n) is 4.73. The number of rotatable bonds is 4. The highest BCUT2D eigenvalue weighted by atomic mass is 32.2. The third kappa shape index (κ3) is 3.94. The molecule has 154 valence electrons. The zero-order valence-electron chi connectivity index (χ0n) is 15.0. The SMILES string of the molecule is O=S(=O)(c1ccccc1C(F)(F)F)N1CCC[C@@H](c2nc(-c3cccs3)no2)C1. The number of hydrogen-bond donors (Lipinski definition) is 0. The summed E-state index contributed by atoms with van der Waals surface area (Å²) in [4.78, 5) is 4.43. The van der Waals surface area contributed by atoms with Crippen molar-refractivity contribution >= 4 is 21.4 Å². The van der Waals surface area contributed by atoms with Crippen LogP contribution in [0, 0.1) is 0 Å². The van der Waals surface area contributed by atoms with Gasteiger partial charge in [0.25, 0.3) is 0 Å². The Morgan fingerprint density at radius 3 is 2.69 bits per heavy atom. The number of benzene rings is 1. The molecule has 0 N–H and O–H groups in total. The van der Waals surface area contributed by atoms with Crippen LogP contribution in [0.25, 0.3) is 10.7 Å². The van der Waals surface area contributed by atoms with Crippen LogP contribution in [0.4, 0.5) is 13.2 Å². The van der Waals surface area contributed by atoms with Gasteiger partial charge in [-0.3, -0.25) is 0 Å². The van der Waals surface area contributed by atoms with Crippen molar-refractivity contribution in [2.75, 3.05) is 13.1 Å². The van der Waals surface area contributed by atoms with E-state index in [9.17, 15) is 21.6 Å². The fourth-order valence-corrected chi connectivity index (χ4v) is 5.72. The minimum absolute atomic E-state index is 0.0133. The number of halogens is 3. The lowest BCUT2D eigenvalue weighted by atomic mass is 10.00. The molecule has 1 fully saturated rings. The first kappa shape index (κ1) is 20.0. The van der Waals surface area contributed by atoms with Gasteiger partial charge in [0, 0.05) is 13.1 Å². The molecular formula is C18H16F3N3O3S2. The molecule has 1 aliphatic heterocycles. The van der Waals surface area contributed by atoms with E-state index in [4.69, 9.17) is 4.52 Å². The molecule has 6 nitrogen and oxygen atoms in total. The second-order valence-corrected chi connectivity index (χ2v) is 9.48. The number of alkyl halides is 3. The Hall–Kier alpha value is -2.24. The summed E-state index contributed by atoms with van der Waals surface area (Å²) in [5, 5.41) is 5.81. The minimum Gasteiger partial charge on any atom is -0.339 e. The van der Waals surface area contributed by atoms with Crippen molar-refractivity contribution in [1.82, 2.24) is 14.4 Å². The first-order valence-electron chi connectivity index (χ1n) is 8.80. The quantitative estimate of drug-likeness (QED) is 0.598. The molecule has 0 saturated carbocycles. The van der Waals surface area contributed by atoms with Crippen LogP contribution in [0.5, 0.6) is 0 Å². The number of sulfonamides is 1. The summed E-state index contributed by atoms with van der Waals surface area (Å²) >= 11 is 1.44. The highest BCUT2D eigenvalue weighted by Crippen LogP contribution is 2.37. The molecule has 1 aliphatic rings. The predicted octanol–water partition coefficient (Wildman–Crippen LogP) is 4.39. The molecule has 0 bridgehead atoms. The Labute approximate surface area is 169 Å². The first-order chi connectivity index (χ1) is 13.8. The fourth-order valence-electron chi connectivity index (χ4n) is 3.33. The van der Waals surface area contributed by atoms with Crippen LogP contribution in [0.3, 0.4) is 0 Å². The summed E-state index contributed by atoms with van der Waals surface area (Å²) in [5.41, 5.74) is -1.17. The van der Waals surface area contributed by atoms with E-state index >= 15 is 0 Å². The second kappa shape index (κ2) is 7.54. The molecule has 1 atom stereocenters. The summed E-state index contributed by atoms with van der Waals surface area (Å²) in [6.45, 7) is 0.123. The van der Waals surface area contributed by atoms with E-state index < -0.39 is 26.7 Å². The Balaban J connectivity index is 1.60. The van der Waals surface area contributed by atoms with E-state index in [1.165, 1.54) is 23.5 Å². The van der Waals surface area contributed by atoms with Gasteiger partial charge in [0.05, 0.1) is 21.3 Å². The molecular weight excluding hydrogens is 427 g/mol. The molecule has 3 heterocycles. The number of thiophene rings is 1. The number of piperidine rings is 1. The van der Waals surface area contributed by atoms with E-state index in [0.29, 0.717) is 18.7 Å². The smallest absolute Gasteiger partial charge is 0.339 e. The topological polar surface area (TPSA) is 76.3 Å². The summed E-state index contributed by atoms with van der Waals surface area (Å²) in [6, 6.07) is 7.91. The van der Waals surface area contributed by atoms with Gasteiger partial charge in [0.1, 0.15) is 0 Å². The van der Waals surface area contributed by atoms with Crippen LogP contribution in [0.15, 0.2) is 51.2 Å². The van der Waals surface area contributed by atoms with Crippen molar-refractivity contribution in [3.63, 3.8) is 0 Å². The lowest BCUT2D eigenvalue weighted by molar-refractivity contribution is -0.139. The van der Waals surface area contributed by atoms with Crippen LogP contribution in [0.2, 0.25) is 0 Å². The molecule has 0 spiro atoms. The molecule has 4 rings (SSSR count). The van der Waals surface area contributed by atoms with Crippen LogP contribution in [0.1, 0.15) is 30.2 Å². The van der Waals surface area contributed by atoms with Crippen molar-refractivity contribution in [3.05, 3.63) is 53.2 Å². The van der Waals surface area contributed by atoms with Gasteiger partial charge in [-0.2, -0.15) is 22.5 Å². The van der Waals surface area contributed by atoms with Gasteiger partial charge in [0.15, 0.2) is 0 Å². The summed E-state index contributed by atoms with van der Waals surface area (Å²) < 4.78 is 72.3. The van der Waals surface area contributed by atoms with E-state index in [-0.39, 0.29) is 24.9 Å². The Kier molecular flexibility index (Phi) is 5.21. The normalized spacial score (nSPS) is 18.8. The fraction of sp³-hybridized carbons (Fsp3) is 0.333. The molecule has 2 aromatic heterocycles. The lowest BCUT2D eigenvalue weighted by Gasteiger charge is -2.30. The van der Waals surface area contributed by atoms with E-state index in [1.807, 2.05) is 17.5 Å². The number of nitrogens with zero attached hydrogens (tertiary/aromatic N) is 3. The Bertz CT molecular complexity index is 1100. The van der Waals surface area contributed by atoms with Crippen molar-refractivity contribution in [3.8, 4) is 10.7 Å². The molecule has 0 aliphatic carbocycles. The average Bonchev–Trinajstić information content (AvgIpc) is 3.39. The van der Waals surface area contributed by atoms with Gasteiger partial charge < -0.3 is 4.52 Å². The molecule has 1 saturated heterocycles. The van der Waals surface area contributed by atoms with Crippen molar-refractivity contribution in [2.45, 2.75) is 29.8 Å². The van der Waals surface area contributed by atoms with Gasteiger partial charge in [0.2, 0.25) is 21.7 Å². The second-order valence-electron chi connectivity index (χ2n) is 6.63. The summed E-state index contributed by atoms with van der Waals surface area (Å²) in [6.07, 6.45) is -3.67. The summed E-state index contributed by atoms with van der Waals surface area (Å²) in [5.74, 6) is 0.326. The summed E-state index contributed by atoms with van der Waals surface area (Å²) in [7, 11) is -4.33.